The lowest BCUT2D eigenvalue weighted by atomic mass is 10.1. The molecule has 0 aliphatic carbocycles. The molecular weight excluding hydrogens is 176 g/mol. The normalized spacial score (nSPS) is 10.4. The van der Waals surface area contributed by atoms with Gasteiger partial charge in [-0.2, -0.15) is 0 Å². The quantitative estimate of drug-likeness (QED) is 0.739. The van der Waals surface area contributed by atoms with E-state index in [1.165, 1.54) is 0 Å². The largest absolute Gasteiger partial charge is 0.497 e. The summed E-state index contributed by atoms with van der Waals surface area (Å²) in [7, 11) is 1.62. The molecule has 2 heteroatoms. The number of rotatable bonds is 4. The van der Waals surface area contributed by atoms with Gasteiger partial charge in [-0.25, -0.2) is 0 Å². The minimum atomic E-state index is 0.0286. The second-order valence-corrected chi connectivity index (χ2v) is 2.82. The number of hydrogen-bond acceptors (Lipinski definition) is 2. The lowest BCUT2D eigenvalue weighted by Crippen LogP contribution is -1.90. The monoisotopic (exact) mass is 190 g/mol. The number of aliphatic hydroxyl groups excluding tert-OH is 1. The van der Waals surface area contributed by atoms with Crippen molar-refractivity contribution in [1.82, 2.24) is 0 Å². The average molecular weight is 190 g/mol. The average Bonchev–Trinajstić information content (AvgIpc) is 2.25. The van der Waals surface area contributed by atoms with Crippen LogP contribution in [0.3, 0.4) is 0 Å². The highest BCUT2D eigenvalue weighted by Gasteiger charge is 1.99. The highest BCUT2D eigenvalue weighted by Crippen LogP contribution is 2.19. The molecule has 0 unspecified atom stereocenters. The van der Waals surface area contributed by atoms with E-state index in [2.05, 4.69) is 6.58 Å². The van der Waals surface area contributed by atoms with Crippen LogP contribution in [0.4, 0.5) is 0 Å². The first-order chi connectivity index (χ1) is 6.81. The van der Waals surface area contributed by atoms with Gasteiger partial charge in [0, 0.05) is 0 Å². The van der Waals surface area contributed by atoms with Crippen LogP contribution in [0.2, 0.25) is 0 Å². The Labute approximate surface area is 84.1 Å². The molecule has 2 nitrogen and oxygen atoms in total. The summed E-state index contributed by atoms with van der Waals surface area (Å²) in [5.74, 6) is 0.783. The Morgan fingerprint density at radius 2 is 2.29 bits per heavy atom. The lowest BCUT2D eigenvalue weighted by Gasteiger charge is -2.05. The first-order valence-corrected chi connectivity index (χ1v) is 4.38. The van der Waals surface area contributed by atoms with Crippen LogP contribution in [0.25, 0.3) is 6.08 Å². The van der Waals surface area contributed by atoms with Crippen LogP contribution >= 0.6 is 0 Å². The van der Waals surface area contributed by atoms with Crippen molar-refractivity contribution in [3.05, 3.63) is 48.1 Å². The van der Waals surface area contributed by atoms with Crippen molar-refractivity contribution < 1.29 is 9.84 Å². The molecular formula is C12H14O2. The molecule has 14 heavy (non-hydrogen) atoms. The topological polar surface area (TPSA) is 29.5 Å². The molecule has 0 atom stereocenters. The SMILES string of the molecule is C=C/C=C/c1cc(OC)ccc1CO. The lowest BCUT2D eigenvalue weighted by molar-refractivity contribution is 0.281. The van der Waals surface area contributed by atoms with Gasteiger partial charge in [0.1, 0.15) is 5.75 Å². The second kappa shape index (κ2) is 5.25. The Bertz CT molecular complexity index is 340. The van der Waals surface area contributed by atoms with Crippen molar-refractivity contribution in [3.8, 4) is 5.75 Å². The third kappa shape index (κ3) is 2.47. The first-order valence-electron chi connectivity index (χ1n) is 4.38. The Morgan fingerprint density at radius 1 is 1.50 bits per heavy atom. The molecule has 74 valence electrons. The van der Waals surface area contributed by atoms with E-state index >= 15 is 0 Å². The number of methoxy groups -OCH3 is 1. The molecule has 0 aliphatic heterocycles. The molecule has 0 aliphatic rings. The number of allylic oxidation sites excluding steroid dienone is 2. The third-order valence-electron chi connectivity index (χ3n) is 1.94. The van der Waals surface area contributed by atoms with E-state index in [9.17, 15) is 0 Å². The zero-order valence-electron chi connectivity index (χ0n) is 8.23. The van der Waals surface area contributed by atoms with Gasteiger partial charge in [-0.3, -0.25) is 0 Å². The second-order valence-electron chi connectivity index (χ2n) is 2.82. The molecule has 0 saturated heterocycles. The molecule has 1 aromatic rings. The van der Waals surface area contributed by atoms with Crippen molar-refractivity contribution >= 4 is 6.08 Å². The highest BCUT2D eigenvalue weighted by molar-refractivity contribution is 5.57. The summed E-state index contributed by atoms with van der Waals surface area (Å²) in [6, 6.07) is 5.56. The Kier molecular flexibility index (Phi) is 3.95. The van der Waals surface area contributed by atoms with Gasteiger partial charge in [0.15, 0.2) is 0 Å². The van der Waals surface area contributed by atoms with Gasteiger partial charge in [-0.05, 0) is 23.3 Å². The summed E-state index contributed by atoms with van der Waals surface area (Å²) in [5.41, 5.74) is 1.83. The van der Waals surface area contributed by atoms with Crippen molar-refractivity contribution in [2.45, 2.75) is 6.61 Å². The summed E-state index contributed by atoms with van der Waals surface area (Å²) in [6.45, 7) is 3.62. The fourth-order valence-corrected chi connectivity index (χ4v) is 1.17. The molecule has 0 radical (unpaired) electrons. The zero-order valence-corrected chi connectivity index (χ0v) is 8.23. The van der Waals surface area contributed by atoms with E-state index in [0.29, 0.717) is 0 Å². The van der Waals surface area contributed by atoms with Crippen molar-refractivity contribution in [2.24, 2.45) is 0 Å². The Balaban J connectivity index is 3.07. The fraction of sp³-hybridized carbons (Fsp3) is 0.167. The van der Waals surface area contributed by atoms with E-state index in [-0.39, 0.29) is 6.61 Å². The van der Waals surface area contributed by atoms with Crippen molar-refractivity contribution in [2.75, 3.05) is 7.11 Å². The van der Waals surface area contributed by atoms with E-state index in [1.807, 2.05) is 30.4 Å². The van der Waals surface area contributed by atoms with Gasteiger partial charge in [-0.15, -0.1) is 0 Å². The smallest absolute Gasteiger partial charge is 0.119 e. The summed E-state index contributed by atoms with van der Waals surface area (Å²) in [5, 5.41) is 9.08. The van der Waals surface area contributed by atoms with Crippen LogP contribution in [-0.2, 0) is 6.61 Å². The van der Waals surface area contributed by atoms with E-state index in [4.69, 9.17) is 9.84 Å². The third-order valence-corrected chi connectivity index (χ3v) is 1.94. The highest BCUT2D eigenvalue weighted by atomic mass is 16.5. The molecule has 0 aromatic heterocycles. The predicted molar refractivity (Wildman–Crippen MR) is 58.1 cm³/mol. The number of ether oxygens (including phenoxy) is 1. The molecule has 1 rings (SSSR count). The minimum absolute atomic E-state index is 0.0286. The standard InChI is InChI=1S/C12H14O2/c1-3-4-5-10-8-12(14-2)7-6-11(10)9-13/h3-8,13H,1,9H2,2H3/b5-4+. The summed E-state index contributed by atoms with van der Waals surface area (Å²) in [6.07, 6.45) is 5.41. The van der Waals surface area contributed by atoms with Crippen LogP contribution in [0.5, 0.6) is 5.75 Å². The maximum atomic E-state index is 9.08. The first kappa shape index (κ1) is 10.5. The van der Waals surface area contributed by atoms with E-state index in [0.717, 1.165) is 16.9 Å². The number of hydrogen-bond donors (Lipinski definition) is 1. The van der Waals surface area contributed by atoms with Gasteiger partial charge in [0.2, 0.25) is 0 Å². The van der Waals surface area contributed by atoms with Crippen molar-refractivity contribution in [3.63, 3.8) is 0 Å². The Hall–Kier alpha value is -1.54. The molecule has 0 spiro atoms. The predicted octanol–water partition coefficient (Wildman–Crippen LogP) is 2.39. The van der Waals surface area contributed by atoms with Crippen molar-refractivity contribution in [1.29, 1.82) is 0 Å². The number of aliphatic hydroxyl groups is 1. The summed E-state index contributed by atoms with van der Waals surface area (Å²) >= 11 is 0. The van der Waals surface area contributed by atoms with Crippen LogP contribution in [0.15, 0.2) is 36.9 Å². The van der Waals surface area contributed by atoms with E-state index in [1.54, 1.807) is 13.2 Å². The molecule has 0 bridgehead atoms. The van der Waals surface area contributed by atoms with Gasteiger partial charge < -0.3 is 9.84 Å². The molecule has 0 fully saturated rings. The maximum absolute atomic E-state index is 9.08. The molecule has 0 saturated carbocycles. The van der Waals surface area contributed by atoms with Crippen LogP contribution in [0, 0.1) is 0 Å². The van der Waals surface area contributed by atoms with Crippen LogP contribution in [-0.4, -0.2) is 12.2 Å². The number of benzene rings is 1. The Morgan fingerprint density at radius 3 is 2.86 bits per heavy atom. The van der Waals surface area contributed by atoms with Crippen LogP contribution in [0.1, 0.15) is 11.1 Å². The van der Waals surface area contributed by atoms with Crippen LogP contribution < -0.4 is 4.74 Å². The summed E-state index contributed by atoms with van der Waals surface area (Å²) in [4.78, 5) is 0. The molecule has 0 heterocycles. The zero-order chi connectivity index (χ0) is 10.4. The summed E-state index contributed by atoms with van der Waals surface area (Å²) < 4.78 is 5.09. The molecule has 0 amide bonds. The molecule has 1 N–H and O–H groups in total. The van der Waals surface area contributed by atoms with E-state index < -0.39 is 0 Å². The van der Waals surface area contributed by atoms with Gasteiger partial charge in [0.05, 0.1) is 13.7 Å². The van der Waals surface area contributed by atoms with Gasteiger partial charge in [-0.1, -0.05) is 30.9 Å². The van der Waals surface area contributed by atoms with Gasteiger partial charge in [0.25, 0.3) is 0 Å². The molecule has 1 aromatic carbocycles. The minimum Gasteiger partial charge on any atom is -0.497 e. The maximum Gasteiger partial charge on any atom is 0.119 e. The fourth-order valence-electron chi connectivity index (χ4n) is 1.17. The van der Waals surface area contributed by atoms with Gasteiger partial charge >= 0.3 is 0 Å².